The van der Waals surface area contributed by atoms with Crippen molar-refractivity contribution < 1.29 is 9.53 Å². The van der Waals surface area contributed by atoms with E-state index in [4.69, 9.17) is 10.5 Å². The minimum absolute atomic E-state index is 0.0897. The maximum atomic E-state index is 11.5. The van der Waals surface area contributed by atoms with E-state index in [2.05, 4.69) is 10.2 Å². The van der Waals surface area contributed by atoms with Crippen LogP contribution in [0.1, 0.15) is 18.4 Å². The zero-order valence-electron chi connectivity index (χ0n) is 11.8. The van der Waals surface area contributed by atoms with Crippen molar-refractivity contribution in [2.45, 2.75) is 19.3 Å². The first-order chi connectivity index (χ1) is 9.67. The van der Waals surface area contributed by atoms with Crippen molar-refractivity contribution in [3.05, 3.63) is 17.7 Å². The fourth-order valence-electron chi connectivity index (χ4n) is 3.13. The largest absolute Gasteiger partial charge is 0.397 e. The molecule has 5 nitrogen and oxygen atoms in total. The smallest absolute Gasteiger partial charge is 0.224 e. The average Bonchev–Trinajstić information content (AvgIpc) is 2.87. The van der Waals surface area contributed by atoms with Gasteiger partial charge in [-0.1, -0.05) is 0 Å². The molecule has 1 aromatic carbocycles. The molecule has 1 unspecified atom stereocenters. The summed E-state index contributed by atoms with van der Waals surface area (Å²) in [6.07, 6.45) is 2.44. The van der Waals surface area contributed by atoms with Gasteiger partial charge in [-0.15, -0.1) is 0 Å². The number of nitrogens with zero attached hydrogens (tertiary/aromatic N) is 1. The summed E-state index contributed by atoms with van der Waals surface area (Å²) >= 11 is 0. The third-order valence-corrected chi connectivity index (χ3v) is 4.18. The summed E-state index contributed by atoms with van der Waals surface area (Å²) in [5.74, 6) is 0.650. The van der Waals surface area contributed by atoms with Crippen LogP contribution in [0.4, 0.5) is 17.1 Å². The number of carbonyl (C=O) groups is 1. The molecule has 1 atom stereocenters. The molecule has 1 amide bonds. The normalized spacial score (nSPS) is 21.8. The monoisotopic (exact) mass is 275 g/mol. The molecule has 20 heavy (non-hydrogen) atoms. The zero-order valence-corrected chi connectivity index (χ0v) is 11.8. The standard InChI is InChI=1S/C15H21N3O2/c1-20-9-10-4-5-18(8-10)14-7-13-11(6-12(14)16)2-3-15(19)17-13/h6-7,10H,2-5,8-9,16H2,1H3,(H,17,19). The lowest BCUT2D eigenvalue weighted by atomic mass is 10.0. The molecule has 2 aliphatic heterocycles. The summed E-state index contributed by atoms with van der Waals surface area (Å²) in [6, 6.07) is 4.03. The molecule has 1 saturated heterocycles. The van der Waals surface area contributed by atoms with Crippen LogP contribution in [0.5, 0.6) is 0 Å². The van der Waals surface area contributed by atoms with Crippen molar-refractivity contribution in [1.29, 1.82) is 0 Å². The van der Waals surface area contributed by atoms with Crippen LogP contribution < -0.4 is 16.0 Å². The van der Waals surface area contributed by atoms with E-state index in [1.807, 2.05) is 12.1 Å². The van der Waals surface area contributed by atoms with E-state index >= 15 is 0 Å². The van der Waals surface area contributed by atoms with Gasteiger partial charge in [0.2, 0.25) is 5.91 Å². The highest BCUT2D eigenvalue weighted by atomic mass is 16.5. The van der Waals surface area contributed by atoms with Gasteiger partial charge in [0, 0.05) is 38.2 Å². The number of rotatable bonds is 3. The highest BCUT2D eigenvalue weighted by Gasteiger charge is 2.25. The van der Waals surface area contributed by atoms with Gasteiger partial charge in [-0.3, -0.25) is 4.79 Å². The number of carbonyl (C=O) groups excluding carboxylic acids is 1. The summed E-state index contributed by atoms with van der Waals surface area (Å²) < 4.78 is 5.23. The zero-order chi connectivity index (χ0) is 14.1. The number of benzene rings is 1. The number of nitrogen functional groups attached to an aromatic ring is 1. The minimum Gasteiger partial charge on any atom is -0.397 e. The van der Waals surface area contributed by atoms with Crippen LogP contribution >= 0.6 is 0 Å². The number of fused-ring (bicyclic) bond motifs is 1. The molecular formula is C15H21N3O2. The summed E-state index contributed by atoms with van der Waals surface area (Å²) in [7, 11) is 1.74. The van der Waals surface area contributed by atoms with E-state index < -0.39 is 0 Å². The Kier molecular flexibility index (Phi) is 3.53. The van der Waals surface area contributed by atoms with Crippen LogP contribution in [-0.2, 0) is 16.0 Å². The van der Waals surface area contributed by atoms with Crippen LogP contribution in [-0.4, -0.2) is 32.7 Å². The first kappa shape index (κ1) is 13.2. The van der Waals surface area contributed by atoms with E-state index in [1.54, 1.807) is 7.11 Å². The van der Waals surface area contributed by atoms with Gasteiger partial charge in [0.15, 0.2) is 0 Å². The molecule has 3 rings (SSSR count). The van der Waals surface area contributed by atoms with Crippen LogP contribution in [0.25, 0.3) is 0 Å². The van der Waals surface area contributed by atoms with Gasteiger partial charge in [-0.25, -0.2) is 0 Å². The number of hydrogen-bond donors (Lipinski definition) is 2. The Morgan fingerprint density at radius 1 is 1.45 bits per heavy atom. The Bertz CT molecular complexity index is 530. The van der Waals surface area contributed by atoms with Crippen molar-refractivity contribution in [3.63, 3.8) is 0 Å². The SMILES string of the molecule is COCC1CCN(c2cc3c(cc2N)CCC(=O)N3)C1. The highest BCUT2D eigenvalue weighted by molar-refractivity contribution is 5.95. The van der Waals surface area contributed by atoms with Crippen LogP contribution in [0, 0.1) is 5.92 Å². The second-order valence-corrected chi connectivity index (χ2v) is 5.67. The molecule has 5 heteroatoms. The summed E-state index contributed by atoms with van der Waals surface area (Å²) in [6.45, 7) is 2.74. The fraction of sp³-hybridized carbons (Fsp3) is 0.533. The molecule has 0 saturated carbocycles. The van der Waals surface area contributed by atoms with Gasteiger partial charge in [-0.2, -0.15) is 0 Å². The molecule has 0 bridgehead atoms. The third kappa shape index (κ3) is 2.45. The molecule has 3 N–H and O–H groups in total. The van der Waals surface area contributed by atoms with E-state index in [1.165, 1.54) is 0 Å². The number of amides is 1. The van der Waals surface area contributed by atoms with Crippen molar-refractivity contribution in [3.8, 4) is 0 Å². The van der Waals surface area contributed by atoms with E-state index in [0.29, 0.717) is 12.3 Å². The predicted molar refractivity (Wildman–Crippen MR) is 80.0 cm³/mol. The first-order valence-corrected chi connectivity index (χ1v) is 7.13. The lowest BCUT2D eigenvalue weighted by Crippen LogP contribution is -2.24. The number of anilines is 3. The van der Waals surface area contributed by atoms with Crippen molar-refractivity contribution in [2.24, 2.45) is 5.92 Å². The van der Waals surface area contributed by atoms with Gasteiger partial charge in [0.25, 0.3) is 0 Å². The lowest BCUT2D eigenvalue weighted by Gasteiger charge is -2.25. The van der Waals surface area contributed by atoms with Crippen molar-refractivity contribution >= 4 is 23.0 Å². The van der Waals surface area contributed by atoms with Gasteiger partial charge >= 0.3 is 0 Å². The van der Waals surface area contributed by atoms with E-state index in [0.717, 1.165) is 55.2 Å². The van der Waals surface area contributed by atoms with Crippen molar-refractivity contribution in [2.75, 3.05) is 42.8 Å². The first-order valence-electron chi connectivity index (χ1n) is 7.13. The topological polar surface area (TPSA) is 67.6 Å². The lowest BCUT2D eigenvalue weighted by molar-refractivity contribution is -0.116. The number of ether oxygens (including phenoxy) is 1. The molecule has 0 radical (unpaired) electrons. The van der Waals surface area contributed by atoms with Gasteiger partial charge in [0.1, 0.15) is 0 Å². The maximum absolute atomic E-state index is 11.5. The molecule has 1 aromatic rings. The Morgan fingerprint density at radius 2 is 2.30 bits per heavy atom. The molecule has 2 aliphatic rings. The Hall–Kier alpha value is -1.75. The fourth-order valence-corrected chi connectivity index (χ4v) is 3.13. The average molecular weight is 275 g/mol. The van der Waals surface area contributed by atoms with E-state index in [9.17, 15) is 4.79 Å². The Balaban J connectivity index is 1.83. The molecule has 0 spiro atoms. The van der Waals surface area contributed by atoms with Gasteiger partial charge in [0.05, 0.1) is 18.0 Å². The van der Waals surface area contributed by atoms with Gasteiger partial charge < -0.3 is 20.7 Å². The quantitative estimate of drug-likeness (QED) is 0.823. The third-order valence-electron chi connectivity index (χ3n) is 4.18. The number of hydrogen-bond acceptors (Lipinski definition) is 4. The Morgan fingerprint density at radius 3 is 3.10 bits per heavy atom. The second kappa shape index (κ2) is 5.32. The van der Waals surface area contributed by atoms with Crippen molar-refractivity contribution in [1.82, 2.24) is 0 Å². The predicted octanol–water partition coefficient (Wildman–Crippen LogP) is 1.63. The van der Waals surface area contributed by atoms with E-state index in [-0.39, 0.29) is 5.91 Å². The minimum atomic E-state index is 0.0897. The summed E-state index contributed by atoms with van der Waals surface area (Å²) in [5.41, 5.74) is 10.1. The Labute approximate surface area is 119 Å². The number of nitrogens with one attached hydrogen (secondary N) is 1. The molecule has 1 fully saturated rings. The molecule has 2 heterocycles. The van der Waals surface area contributed by atoms with Crippen LogP contribution in [0.2, 0.25) is 0 Å². The molecular weight excluding hydrogens is 254 g/mol. The van der Waals surface area contributed by atoms with Crippen LogP contribution in [0.3, 0.4) is 0 Å². The second-order valence-electron chi connectivity index (χ2n) is 5.67. The molecule has 108 valence electrons. The number of nitrogens with two attached hydrogens (primary N) is 1. The highest BCUT2D eigenvalue weighted by Crippen LogP contribution is 2.35. The number of methoxy groups -OCH3 is 1. The molecule has 0 aliphatic carbocycles. The van der Waals surface area contributed by atoms with Crippen LogP contribution in [0.15, 0.2) is 12.1 Å². The molecule has 0 aromatic heterocycles. The maximum Gasteiger partial charge on any atom is 0.224 e. The van der Waals surface area contributed by atoms with Gasteiger partial charge in [-0.05, 0) is 30.5 Å². The summed E-state index contributed by atoms with van der Waals surface area (Å²) in [5, 5.41) is 2.94. The number of aryl methyl sites for hydroxylation is 1. The summed E-state index contributed by atoms with van der Waals surface area (Å²) in [4.78, 5) is 13.8.